The number of aromatic nitrogens is 4. The van der Waals surface area contributed by atoms with Crippen molar-refractivity contribution in [2.45, 2.75) is 51.7 Å². The van der Waals surface area contributed by atoms with Crippen LogP contribution in [-0.4, -0.2) is 61.3 Å². The zero-order valence-electron chi connectivity index (χ0n) is 18.7. The van der Waals surface area contributed by atoms with Gasteiger partial charge in [0.05, 0.1) is 41.2 Å². The van der Waals surface area contributed by atoms with Crippen LogP contribution in [0.5, 0.6) is 0 Å². The number of nitrogens with zero attached hydrogens (tertiary/aromatic N) is 5. The first-order valence-electron chi connectivity index (χ1n) is 10.3. The molecule has 3 rings (SSSR count). The highest BCUT2D eigenvalue weighted by atomic mass is 19.1. The second kappa shape index (κ2) is 9.46. The van der Waals surface area contributed by atoms with Crippen molar-refractivity contribution in [3.63, 3.8) is 0 Å². The highest BCUT2D eigenvalue weighted by molar-refractivity contribution is 5.99. The Kier molecular flexibility index (Phi) is 6.88. The zero-order valence-corrected chi connectivity index (χ0v) is 18.7. The number of nitriles is 1. The van der Waals surface area contributed by atoms with Crippen molar-refractivity contribution < 1.29 is 18.7 Å². The predicted octanol–water partition coefficient (Wildman–Crippen LogP) is 2.68. The van der Waals surface area contributed by atoms with Gasteiger partial charge in [-0.2, -0.15) is 15.0 Å². The van der Waals surface area contributed by atoms with Gasteiger partial charge in [0, 0.05) is 23.8 Å². The van der Waals surface area contributed by atoms with E-state index in [1.165, 1.54) is 50.1 Å². The summed E-state index contributed by atoms with van der Waals surface area (Å²) in [5, 5.41) is 29.1. The van der Waals surface area contributed by atoms with Gasteiger partial charge < -0.3 is 15.7 Å². The van der Waals surface area contributed by atoms with Crippen LogP contribution in [-0.2, 0) is 0 Å². The summed E-state index contributed by atoms with van der Waals surface area (Å²) in [5.74, 6) is -0.330. The lowest BCUT2D eigenvalue weighted by Gasteiger charge is -2.23. The number of fused-ring (bicyclic) bond motifs is 1. The Morgan fingerprint density at radius 3 is 2.61 bits per heavy atom. The number of nitrogens with one attached hydrogen (secondary N) is 2. The first-order valence-corrected chi connectivity index (χ1v) is 10.3. The van der Waals surface area contributed by atoms with Gasteiger partial charge in [0.25, 0.3) is 5.91 Å². The van der Waals surface area contributed by atoms with Gasteiger partial charge >= 0.3 is 0 Å². The number of carbonyl (C=O) groups is 1. The molecule has 0 aliphatic carbocycles. The fourth-order valence-corrected chi connectivity index (χ4v) is 2.90. The van der Waals surface area contributed by atoms with E-state index in [1.54, 1.807) is 13.0 Å². The maximum atomic E-state index is 14.1. The summed E-state index contributed by atoms with van der Waals surface area (Å²) in [5.41, 5.74) is -0.445. The minimum absolute atomic E-state index is 0.0744. The number of halogens is 2. The summed E-state index contributed by atoms with van der Waals surface area (Å²) >= 11 is 0. The molecule has 3 unspecified atom stereocenters. The van der Waals surface area contributed by atoms with Crippen LogP contribution in [0.3, 0.4) is 0 Å². The van der Waals surface area contributed by atoms with E-state index in [0.717, 1.165) is 0 Å². The number of alkyl halides is 2. The second-order valence-corrected chi connectivity index (χ2v) is 8.33. The van der Waals surface area contributed by atoms with Crippen LogP contribution in [0, 0.1) is 11.3 Å². The summed E-state index contributed by atoms with van der Waals surface area (Å²) in [4.78, 5) is 21.3. The third-order valence-corrected chi connectivity index (χ3v) is 5.17. The highest BCUT2D eigenvalue weighted by Gasteiger charge is 2.27. The third kappa shape index (κ3) is 5.40. The molecule has 0 saturated heterocycles. The molecule has 11 heteroatoms. The van der Waals surface area contributed by atoms with E-state index in [0.29, 0.717) is 22.4 Å². The van der Waals surface area contributed by atoms with Gasteiger partial charge in [-0.3, -0.25) is 4.79 Å². The number of rotatable bonds is 8. The molecule has 174 valence electrons. The number of pyridine rings is 2. The Labute approximate surface area is 189 Å². The standard InChI is InChI=1S/C22H25F2N7O2/c1-12(23)13(2)30-17-6-19(31-20-15(9-29-31)5-14(7-25)8-27-20)26-10-16(17)21(32)28-11-18(24)22(3,4)33/h5-6,8-10,12-13,18,33H,11H2,1-4H3,(H,26,30)(H,28,32). The van der Waals surface area contributed by atoms with Crippen LogP contribution < -0.4 is 10.6 Å². The molecule has 3 N–H and O–H groups in total. The molecule has 1 amide bonds. The fourth-order valence-electron chi connectivity index (χ4n) is 2.90. The van der Waals surface area contributed by atoms with Gasteiger partial charge in [0.1, 0.15) is 18.4 Å². The van der Waals surface area contributed by atoms with E-state index in [1.807, 2.05) is 6.07 Å². The SMILES string of the molecule is CC(F)C(C)Nc1cc(-n2ncc3cc(C#N)cnc32)ncc1C(=O)NCC(F)C(C)(C)O. The van der Waals surface area contributed by atoms with Crippen molar-refractivity contribution in [2.75, 3.05) is 11.9 Å². The number of carbonyl (C=O) groups excluding carboxylic acids is 1. The van der Waals surface area contributed by atoms with Crippen molar-refractivity contribution in [3.8, 4) is 11.9 Å². The van der Waals surface area contributed by atoms with Crippen molar-refractivity contribution in [2.24, 2.45) is 0 Å². The molecular weight excluding hydrogens is 432 g/mol. The van der Waals surface area contributed by atoms with Crippen molar-refractivity contribution in [1.82, 2.24) is 25.1 Å². The smallest absolute Gasteiger partial charge is 0.255 e. The Morgan fingerprint density at radius 1 is 1.24 bits per heavy atom. The molecule has 0 bridgehead atoms. The average molecular weight is 457 g/mol. The van der Waals surface area contributed by atoms with Crippen LogP contribution in [0.15, 0.2) is 30.7 Å². The Morgan fingerprint density at radius 2 is 1.97 bits per heavy atom. The van der Waals surface area contributed by atoms with Gasteiger partial charge in [-0.1, -0.05) is 0 Å². The van der Waals surface area contributed by atoms with Crippen LogP contribution >= 0.6 is 0 Å². The number of anilines is 1. The molecule has 0 saturated carbocycles. The molecule has 0 radical (unpaired) electrons. The largest absolute Gasteiger partial charge is 0.387 e. The van der Waals surface area contributed by atoms with Crippen molar-refractivity contribution >= 4 is 22.6 Å². The molecule has 3 aromatic heterocycles. The molecule has 0 fully saturated rings. The second-order valence-electron chi connectivity index (χ2n) is 8.33. The monoisotopic (exact) mass is 457 g/mol. The van der Waals surface area contributed by atoms with E-state index < -0.39 is 36.4 Å². The maximum absolute atomic E-state index is 14.1. The van der Waals surface area contributed by atoms with Crippen molar-refractivity contribution in [1.29, 1.82) is 5.26 Å². The third-order valence-electron chi connectivity index (χ3n) is 5.17. The summed E-state index contributed by atoms with van der Waals surface area (Å²) < 4.78 is 29.3. The summed E-state index contributed by atoms with van der Waals surface area (Å²) in [6.45, 7) is 5.20. The lowest BCUT2D eigenvalue weighted by atomic mass is 10.0. The predicted molar refractivity (Wildman–Crippen MR) is 119 cm³/mol. The fraction of sp³-hybridized carbons (Fsp3) is 0.409. The Hall–Kier alpha value is -3.65. The van der Waals surface area contributed by atoms with Gasteiger partial charge in [-0.25, -0.2) is 18.7 Å². The van der Waals surface area contributed by atoms with Gasteiger partial charge in [-0.15, -0.1) is 0 Å². The van der Waals surface area contributed by atoms with Crippen LogP contribution in [0.1, 0.15) is 43.6 Å². The highest BCUT2D eigenvalue weighted by Crippen LogP contribution is 2.23. The van der Waals surface area contributed by atoms with E-state index >= 15 is 0 Å². The molecule has 3 heterocycles. The number of hydrogen-bond acceptors (Lipinski definition) is 7. The number of hydrogen-bond donors (Lipinski definition) is 3. The van der Waals surface area contributed by atoms with Crippen molar-refractivity contribution in [3.05, 3.63) is 41.9 Å². The lowest BCUT2D eigenvalue weighted by Crippen LogP contribution is -2.42. The van der Waals surface area contributed by atoms with E-state index in [4.69, 9.17) is 5.26 Å². The molecule has 0 aromatic carbocycles. The summed E-state index contributed by atoms with van der Waals surface area (Å²) in [6.07, 6.45) is 1.30. The van der Waals surface area contributed by atoms with Gasteiger partial charge in [0.2, 0.25) is 0 Å². The van der Waals surface area contributed by atoms with E-state index in [-0.39, 0.29) is 11.3 Å². The molecule has 3 atom stereocenters. The van der Waals surface area contributed by atoms with Crippen LogP contribution in [0.25, 0.3) is 16.9 Å². The minimum atomic E-state index is -1.69. The first-order chi connectivity index (χ1) is 15.5. The maximum Gasteiger partial charge on any atom is 0.255 e. The number of amides is 1. The molecule has 0 aliphatic rings. The molecule has 0 aliphatic heterocycles. The van der Waals surface area contributed by atoms with Crippen LogP contribution in [0.4, 0.5) is 14.5 Å². The lowest BCUT2D eigenvalue weighted by molar-refractivity contribution is -0.00177. The molecular formula is C22H25F2N7O2. The zero-order chi connectivity index (χ0) is 24.3. The number of aliphatic hydroxyl groups is 1. The quantitative estimate of drug-likeness (QED) is 0.474. The molecule has 9 nitrogen and oxygen atoms in total. The van der Waals surface area contributed by atoms with E-state index in [9.17, 15) is 18.7 Å². The van der Waals surface area contributed by atoms with Gasteiger partial charge in [-0.05, 0) is 33.8 Å². The molecule has 33 heavy (non-hydrogen) atoms. The topological polar surface area (TPSA) is 129 Å². The Bertz CT molecular complexity index is 1200. The Balaban J connectivity index is 1.97. The minimum Gasteiger partial charge on any atom is -0.387 e. The first kappa shape index (κ1) is 24.0. The van der Waals surface area contributed by atoms with Crippen LogP contribution in [0.2, 0.25) is 0 Å². The van der Waals surface area contributed by atoms with Gasteiger partial charge in [0.15, 0.2) is 11.5 Å². The average Bonchev–Trinajstić information content (AvgIpc) is 3.19. The normalized spacial score (nSPS) is 14.4. The summed E-state index contributed by atoms with van der Waals surface area (Å²) in [6, 6.07) is 4.53. The molecule has 3 aromatic rings. The summed E-state index contributed by atoms with van der Waals surface area (Å²) in [7, 11) is 0. The van der Waals surface area contributed by atoms with E-state index in [2.05, 4.69) is 25.7 Å². The molecule has 0 spiro atoms.